The number of ether oxygens (including phenoxy) is 1. The van der Waals surface area contributed by atoms with Gasteiger partial charge in [0.15, 0.2) is 0 Å². The molecule has 0 saturated heterocycles. The van der Waals surface area contributed by atoms with Gasteiger partial charge in [-0.15, -0.1) is 0 Å². The van der Waals surface area contributed by atoms with Crippen LogP contribution in [0.5, 0.6) is 5.75 Å². The first kappa shape index (κ1) is 15.2. The van der Waals surface area contributed by atoms with Crippen molar-refractivity contribution in [1.82, 2.24) is 9.78 Å². The van der Waals surface area contributed by atoms with Crippen LogP contribution in [0.25, 0.3) is 18.3 Å². The number of benzene rings is 2. The molecule has 0 radical (unpaired) electrons. The molecular weight excluding hydrogens is 312 g/mol. The van der Waals surface area contributed by atoms with Crippen LogP contribution in [-0.4, -0.2) is 16.9 Å². The van der Waals surface area contributed by atoms with Gasteiger partial charge in [0, 0.05) is 10.6 Å². The molecule has 0 spiro atoms. The van der Waals surface area contributed by atoms with E-state index in [9.17, 15) is 4.79 Å². The maximum absolute atomic E-state index is 12.7. The predicted octanol–water partition coefficient (Wildman–Crippen LogP) is 2.07. The summed E-state index contributed by atoms with van der Waals surface area (Å²) in [5.74, 6) is 0.640. The van der Waals surface area contributed by atoms with Gasteiger partial charge in [-0.2, -0.15) is 0 Å². The molecule has 3 rings (SSSR count). The fourth-order valence-electron chi connectivity index (χ4n) is 2.38. The molecule has 0 unspecified atom stereocenters. The van der Waals surface area contributed by atoms with Crippen molar-refractivity contribution < 1.29 is 4.74 Å². The average molecular weight is 327 g/mol. The van der Waals surface area contributed by atoms with Crippen LogP contribution in [0.4, 0.5) is 0 Å². The number of nitrogens with one attached hydrogen (secondary N) is 1. The lowest BCUT2D eigenvalue weighted by molar-refractivity contribution is 0.414. The highest BCUT2D eigenvalue weighted by molar-refractivity contribution is 6.30. The Balaban J connectivity index is 2.23. The van der Waals surface area contributed by atoms with Gasteiger partial charge in [-0.1, -0.05) is 36.4 Å². The zero-order valence-corrected chi connectivity index (χ0v) is 13.3. The molecule has 116 valence electrons. The quantitative estimate of drug-likeness (QED) is 0.801. The maximum atomic E-state index is 12.7. The van der Waals surface area contributed by atoms with E-state index in [2.05, 4.69) is 11.7 Å². The van der Waals surface area contributed by atoms with Gasteiger partial charge in [-0.3, -0.25) is 9.89 Å². The summed E-state index contributed by atoms with van der Waals surface area (Å²) in [6.45, 7) is 3.92. The second-order valence-corrected chi connectivity index (χ2v) is 5.45. The van der Waals surface area contributed by atoms with Crippen molar-refractivity contribution >= 4 is 24.3 Å². The minimum atomic E-state index is -0.178. The Labute approximate surface area is 137 Å². The number of nitrogens with zero attached hydrogens (tertiary/aromatic N) is 1. The van der Waals surface area contributed by atoms with Crippen LogP contribution < -0.4 is 20.9 Å². The van der Waals surface area contributed by atoms with Crippen LogP contribution in [0, 0.1) is 0 Å². The van der Waals surface area contributed by atoms with Gasteiger partial charge in [0.1, 0.15) is 5.75 Å². The number of aromatic amines is 1. The lowest BCUT2D eigenvalue weighted by Gasteiger charge is -2.04. The zero-order chi connectivity index (χ0) is 16.4. The molecule has 0 aliphatic heterocycles. The smallest absolute Gasteiger partial charge is 0.279 e. The summed E-state index contributed by atoms with van der Waals surface area (Å²) in [6, 6.07) is 14.6. The molecule has 0 atom stereocenters. The largest absolute Gasteiger partial charge is 0.496 e. The maximum Gasteiger partial charge on any atom is 0.279 e. The number of rotatable bonds is 3. The minimum Gasteiger partial charge on any atom is -0.496 e. The molecule has 0 aliphatic rings. The van der Waals surface area contributed by atoms with E-state index in [0.717, 1.165) is 11.3 Å². The molecule has 2 aromatic carbocycles. The lowest BCUT2D eigenvalue weighted by atomic mass is 10.1. The molecule has 0 aliphatic carbocycles. The molecule has 1 aromatic heterocycles. The SMILES string of the molecule is C=c1[nH]n(-c2ccccc2)c(=O)/c1=C/c1cc(Cl)ccc1OC. The van der Waals surface area contributed by atoms with E-state index in [0.29, 0.717) is 21.3 Å². The van der Waals surface area contributed by atoms with Crippen molar-refractivity contribution in [3.63, 3.8) is 0 Å². The van der Waals surface area contributed by atoms with Gasteiger partial charge in [-0.25, -0.2) is 4.68 Å². The third-order valence-electron chi connectivity index (χ3n) is 3.51. The van der Waals surface area contributed by atoms with Crippen molar-refractivity contribution in [2.24, 2.45) is 0 Å². The van der Waals surface area contributed by atoms with Gasteiger partial charge < -0.3 is 4.74 Å². The van der Waals surface area contributed by atoms with E-state index in [1.165, 1.54) is 4.68 Å². The molecule has 5 heteroatoms. The van der Waals surface area contributed by atoms with Crippen molar-refractivity contribution in [2.45, 2.75) is 0 Å². The zero-order valence-electron chi connectivity index (χ0n) is 12.5. The number of halogens is 1. The average Bonchev–Trinajstić information content (AvgIpc) is 2.84. The summed E-state index contributed by atoms with van der Waals surface area (Å²) in [5.41, 5.74) is 1.30. The van der Waals surface area contributed by atoms with Gasteiger partial charge in [0.05, 0.1) is 23.4 Å². The standard InChI is InChI=1S/C18H15ClN2O2/c1-12-16(11-13-10-14(19)8-9-17(13)23-2)18(22)21(20-12)15-6-4-3-5-7-15/h3-11,20H,1H2,2H3/b16-11+. The number of para-hydroxylation sites is 1. The summed E-state index contributed by atoms with van der Waals surface area (Å²) in [6.07, 6.45) is 1.73. The molecule has 1 heterocycles. The summed E-state index contributed by atoms with van der Waals surface area (Å²) in [5, 5.41) is 4.56. The Morgan fingerprint density at radius 3 is 2.65 bits per heavy atom. The van der Waals surface area contributed by atoms with Gasteiger partial charge >= 0.3 is 0 Å². The van der Waals surface area contributed by atoms with E-state index >= 15 is 0 Å². The number of H-pyrrole nitrogens is 1. The van der Waals surface area contributed by atoms with E-state index in [4.69, 9.17) is 16.3 Å². The topological polar surface area (TPSA) is 47.0 Å². The van der Waals surface area contributed by atoms with Crippen LogP contribution in [0.1, 0.15) is 5.56 Å². The number of methoxy groups -OCH3 is 1. The molecule has 0 saturated carbocycles. The van der Waals surface area contributed by atoms with Crippen LogP contribution in [0.15, 0.2) is 53.3 Å². The first-order chi connectivity index (χ1) is 11.1. The highest BCUT2D eigenvalue weighted by atomic mass is 35.5. The summed E-state index contributed by atoms with van der Waals surface area (Å²) in [7, 11) is 1.57. The normalized spacial score (nSPS) is 11.7. The van der Waals surface area contributed by atoms with E-state index in [1.54, 1.807) is 31.4 Å². The fraction of sp³-hybridized carbons (Fsp3) is 0.0556. The minimum absolute atomic E-state index is 0.178. The molecule has 0 bridgehead atoms. The van der Waals surface area contributed by atoms with Crippen molar-refractivity contribution in [3.05, 3.63) is 80.0 Å². The Kier molecular flexibility index (Phi) is 4.08. The van der Waals surface area contributed by atoms with Gasteiger partial charge in [0.2, 0.25) is 0 Å². The molecule has 0 amide bonds. The second-order valence-electron chi connectivity index (χ2n) is 5.01. The van der Waals surface area contributed by atoms with Crippen molar-refractivity contribution in [1.29, 1.82) is 0 Å². The lowest BCUT2D eigenvalue weighted by Crippen LogP contribution is -2.34. The predicted molar refractivity (Wildman–Crippen MR) is 92.7 cm³/mol. The molecule has 0 fully saturated rings. The molecular formula is C18H15ClN2O2. The molecule has 3 aromatic rings. The van der Waals surface area contributed by atoms with Crippen molar-refractivity contribution in [2.75, 3.05) is 7.11 Å². The molecule has 23 heavy (non-hydrogen) atoms. The summed E-state index contributed by atoms with van der Waals surface area (Å²) < 4.78 is 6.78. The monoisotopic (exact) mass is 326 g/mol. The Bertz CT molecular complexity index is 1000. The third kappa shape index (κ3) is 2.94. The first-order valence-electron chi connectivity index (χ1n) is 7.01. The van der Waals surface area contributed by atoms with Crippen LogP contribution in [0.2, 0.25) is 5.02 Å². The number of hydrogen-bond acceptors (Lipinski definition) is 2. The Hall–Kier alpha value is -2.72. The van der Waals surface area contributed by atoms with Crippen molar-refractivity contribution in [3.8, 4) is 11.4 Å². The number of aromatic nitrogens is 2. The van der Waals surface area contributed by atoms with Gasteiger partial charge in [0.25, 0.3) is 5.56 Å². The second kappa shape index (κ2) is 6.18. The highest BCUT2D eigenvalue weighted by Gasteiger charge is 2.06. The van der Waals surface area contributed by atoms with Gasteiger partial charge in [-0.05, 0) is 36.4 Å². The van der Waals surface area contributed by atoms with Crippen LogP contribution >= 0.6 is 11.6 Å². The Morgan fingerprint density at radius 1 is 1.22 bits per heavy atom. The summed E-state index contributed by atoms with van der Waals surface area (Å²) in [4.78, 5) is 12.7. The summed E-state index contributed by atoms with van der Waals surface area (Å²) >= 11 is 6.04. The third-order valence-corrected chi connectivity index (χ3v) is 3.75. The fourth-order valence-corrected chi connectivity index (χ4v) is 2.56. The van der Waals surface area contributed by atoms with Crippen LogP contribution in [-0.2, 0) is 0 Å². The van der Waals surface area contributed by atoms with E-state index in [1.807, 2.05) is 30.3 Å². The Morgan fingerprint density at radius 2 is 1.96 bits per heavy atom. The first-order valence-corrected chi connectivity index (χ1v) is 7.38. The van der Waals surface area contributed by atoms with E-state index in [-0.39, 0.29) is 5.56 Å². The number of hydrogen-bond donors (Lipinski definition) is 1. The molecule has 4 nitrogen and oxygen atoms in total. The molecule has 1 N–H and O–H groups in total. The highest BCUT2D eigenvalue weighted by Crippen LogP contribution is 2.22. The van der Waals surface area contributed by atoms with Crippen LogP contribution in [0.3, 0.4) is 0 Å². The van der Waals surface area contributed by atoms with E-state index < -0.39 is 0 Å².